The number of pyridine rings is 2. The van der Waals surface area contributed by atoms with Crippen molar-refractivity contribution in [2.24, 2.45) is 11.7 Å². The van der Waals surface area contributed by atoms with E-state index in [9.17, 15) is 13.6 Å². The predicted molar refractivity (Wildman–Crippen MR) is 133 cm³/mol. The van der Waals surface area contributed by atoms with Gasteiger partial charge in [0.15, 0.2) is 11.6 Å². The Morgan fingerprint density at radius 3 is 2.62 bits per heavy atom. The number of carbonyl (C=O) groups excluding carboxylic acids is 1. The number of hydrogen-bond acceptors (Lipinski definition) is 6. The molecule has 7 nitrogen and oxygen atoms in total. The van der Waals surface area contributed by atoms with E-state index in [-0.39, 0.29) is 36.6 Å². The molecular formula is C27H29F3N4O3. The first-order valence-corrected chi connectivity index (χ1v) is 12.1. The first-order valence-electron chi connectivity index (χ1n) is 12.1. The molecule has 3 N–H and O–H groups in total. The minimum Gasteiger partial charge on any atom is -0.488 e. The molecule has 196 valence electrons. The van der Waals surface area contributed by atoms with Crippen molar-refractivity contribution < 1.29 is 27.4 Å². The molecule has 0 spiro atoms. The van der Waals surface area contributed by atoms with Gasteiger partial charge in [0.1, 0.15) is 29.6 Å². The number of amides is 1. The Morgan fingerprint density at radius 2 is 1.86 bits per heavy atom. The topological polar surface area (TPSA) is 99.4 Å². The summed E-state index contributed by atoms with van der Waals surface area (Å²) in [7, 11) is 1.45. The number of nitrogens with zero attached hydrogens (tertiary/aromatic N) is 2. The van der Waals surface area contributed by atoms with Crippen LogP contribution in [0.2, 0.25) is 0 Å². The molecule has 0 saturated heterocycles. The Morgan fingerprint density at radius 1 is 1.08 bits per heavy atom. The third kappa shape index (κ3) is 6.08. The van der Waals surface area contributed by atoms with Gasteiger partial charge in [0.2, 0.25) is 0 Å². The molecule has 3 aromatic rings. The van der Waals surface area contributed by atoms with Crippen molar-refractivity contribution in [2.45, 2.75) is 38.1 Å². The van der Waals surface area contributed by atoms with Gasteiger partial charge in [-0.25, -0.2) is 18.2 Å². The number of ether oxygens (including phenoxy) is 2. The zero-order chi connectivity index (χ0) is 26.5. The van der Waals surface area contributed by atoms with Crippen LogP contribution in [-0.2, 0) is 4.74 Å². The number of rotatable bonds is 8. The lowest BCUT2D eigenvalue weighted by molar-refractivity contribution is 0.102. The van der Waals surface area contributed by atoms with Crippen molar-refractivity contribution in [3.05, 3.63) is 71.4 Å². The molecule has 1 aromatic carbocycles. The summed E-state index contributed by atoms with van der Waals surface area (Å²) in [6.45, 7) is 2.33. The lowest BCUT2D eigenvalue weighted by Crippen LogP contribution is -2.31. The highest BCUT2D eigenvalue weighted by atomic mass is 19.1. The first-order chi connectivity index (χ1) is 17.8. The Labute approximate surface area is 213 Å². The number of anilines is 1. The van der Waals surface area contributed by atoms with E-state index >= 15 is 4.39 Å². The van der Waals surface area contributed by atoms with Gasteiger partial charge in [-0.15, -0.1) is 0 Å². The first kappa shape index (κ1) is 26.6. The lowest BCUT2D eigenvalue weighted by Gasteiger charge is -2.32. The Balaban J connectivity index is 1.62. The molecule has 10 heteroatoms. The molecule has 3 atom stereocenters. The second kappa shape index (κ2) is 11.7. The minimum atomic E-state index is -1.13. The van der Waals surface area contributed by atoms with Crippen molar-refractivity contribution in [2.75, 3.05) is 25.6 Å². The second-order valence-electron chi connectivity index (χ2n) is 9.29. The molecular weight excluding hydrogens is 485 g/mol. The molecule has 1 fully saturated rings. The van der Waals surface area contributed by atoms with E-state index < -0.39 is 34.6 Å². The van der Waals surface area contributed by atoms with Crippen LogP contribution in [0.25, 0.3) is 11.3 Å². The fourth-order valence-electron chi connectivity index (χ4n) is 4.80. The number of aromatic nitrogens is 2. The molecule has 0 bridgehead atoms. The smallest absolute Gasteiger partial charge is 0.274 e. The normalized spacial score (nSPS) is 19.5. The van der Waals surface area contributed by atoms with Crippen molar-refractivity contribution >= 4 is 11.6 Å². The lowest BCUT2D eigenvalue weighted by atomic mass is 9.76. The van der Waals surface area contributed by atoms with Crippen molar-refractivity contribution in [3.63, 3.8) is 0 Å². The van der Waals surface area contributed by atoms with Crippen molar-refractivity contribution in [1.29, 1.82) is 0 Å². The van der Waals surface area contributed by atoms with Crippen molar-refractivity contribution in [3.8, 4) is 17.0 Å². The summed E-state index contributed by atoms with van der Waals surface area (Å²) in [6.07, 6.45) is 5.82. The largest absolute Gasteiger partial charge is 0.488 e. The maximum atomic E-state index is 15.1. The van der Waals surface area contributed by atoms with E-state index in [1.807, 2.05) is 6.07 Å². The molecule has 0 radical (unpaired) electrons. The third-order valence-corrected chi connectivity index (χ3v) is 6.44. The maximum Gasteiger partial charge on any atom is 0.274 e. The van der Waals surface area contributed by atoms with E-state index in [2.05, 4.69) is 22.2 Å². The predicted octanol–water partition coefficient (Wildman–Crippen LogP) is 5.07. The van der Waals surface area contributed by atoms with Crippen LogP contribution in [0.4, 0.5) is 18.9 Å². The molecule has 1 saturated carbocycles. The Kier molecular flexibility index (Phi) is 8.40. The van der Waals surface area contributed by atoms with Crippen LogP contribution >= 0.6 is 0 Å². The zero-order valence-electron chi connectivity index (χ0n) is 20.6. The van der Waals surface area contributed by atoms with Gasteiger partial charge in [-0.05, 0) is 67.0 Å². The molecule has 3 unspecified atom stereocenters. The average Bonchev–Trinajstić information content (AvgIpc) is 2.86. The number of methoxy groups -OCH3 is 1. The van der Waals surface area contributed by atoms with E-state index in [1.54, 1.807) is 6.20 Å². The second-order valence-corrected chi connectivity index (χ2v) is 9.29. The number of hydrogen-bond donors (Lipinski definition) is 2. The van der Waals surface area contributed by atoms with Gasteiger partial charge in [0.25, 0.3) is 5.91 Å². The molecule has 1 aliphatic carbocycles. The van der Waals surface area contributed by atoms with Crippen LogP contribution in [0.1, 0.15) is 48.2 Å². The molecule has 2 aromatic heterocycles. The molecule has 0 aliphatic heterocycles. The number of nitrogens with one attached hydrogen (secondary N) is 1. The van der Waals surface area contributed by atoms with Gasteiger partial charge in [0.05, 0.1) is 24.1 Å². The SMILES string of the molecule is COCCOc1ccc(F)c(-c2nc(C(=O)Nc3cnccc3C3CC(C)CC(N)C3)ccc2F)c1F. The molecule has 4 rings (SSSR count). The van der Waals surface area contributed by atoms with Crippen LogP contribution in [0.3, 0.4) is 0 Å². The monoisotopic (exact) mass is 514 g/mol. The van der Waals surface area contributed by atoms with Crippen molar-refractivity contribution in [1.82, 2.24) is 9.97 Å². The summed E-state index contributed by atoms with van der Waals surface area (Å²) < 4.78 is 54.6. The summed E-state index contributed by atoms with van der Waals surface area (Å²) in [5, 5.41) is 2.77. The summed E-state index contributed by atoms with van der Waals surface area (Å²) in [5.41, 5.74) is 6.02. The van der Waals surface area contributed by atoms with E-state index in [4.69, 9.17) is 15.2 Å². The summed E-state index contributed by atoms with van der Waals surface area (Å²) >= 11 is 0. The van der Waals surface area contributed by atoms with Gasteiger partial charge in [-0.3, -0.25) is 9.78 Å². The number of carbonyl (C=O) groups is 1. The number of halogens is 3. The third-order valence-electron chi connectivity index (χ3n) is 6.44. The van der Waals surface area contributed by atoms with Gasteiger partial charge < -0.3 is 20.5 Å². The molecule has 1 aliphatic rings. The Bertz CT molecular complexity index is 1260. The minimum absolute atomic E-state index is 0.00890. The maximum absolute atomic E-state index is 15.1. The van der Waals surface area contributed by atoms with Gasteiger partial charge in [0, 0.05) is 19.3 Å². The standard InChI is InChI=1S/C27H29F3N4O3/c1-15-11-16(13-17(31)12-15)18-7-8-32-14-22(18)34-27(35)21-5-3-20(29)26(33-21)24-19(28)4-6-23(25(24)30)37-10-9-36-2/h3-8,14-17H,9-13,31H2,1-2H3,(H,34,35). The highest BCUT2D eigenvalue weighted by Crippen LogP contribution is 2.38. The fourth-order valence-corrected chi connectivity index (χ4v) is 4.80. The number of nitrogens with two attached hydrogens (primary N) is 1. The van der Waals surface area contributed by atoms with Crippen LogP contribution in [0.5, 0.6) is 5.75 Å². The quantitative estimate of drug-likeness (QED) is 0.407. The van der Waals surface area contributed by atoms with Crippen LogP contribution < -0.4 is 15.8 Å². The molecule has 2 heterocycles. The molecule has 37 heavy (non-hydrogen) atoms. The van der Waals surface area contributed by atoms with Gasteiger partial charge >= 0.3 is 0 Å². The van der Waals surface area contributed by atoms with Gasteiger partial charge in [-0.1, -0.05) is 6.92 Å². The summed E-state index contributed by atoms with van der Waals surface area (Å²) in [5.74, 6) is -3.55. The van der Waals surface area contributed by atoms with Crippen LogP contribution in [-0.4, -0.2) is 42.2 Å². The summed E-state index contributed by atoms with van der Waals surface area (Å²) in [6, 6.07) is 6.05. The summed E-state index contributed by atoms with van der Waals surface area (Å²) in [4.78, 5) is 21.2. The van der Waals surface area contributed by atoms with Crippen LogP contribution in [0, 0.1) is 23.4 Å². The Hall–Kier alpha value is -3.50. The fraction of sp³-hybridized carbons (Fsp3) is 0.370. The van der Waals surface area contributed by atoms with E-state index in [0.29, 0.717) is 11.6 Å². The van der Waals surface area contributed by atoms with Gasteiger partial charge in [-0.2, -0.15) is 0 Å². The van der Waals surface area contributed by atoms with E-state index in [1.165, 1.54) is 13.3 Å². The highest BCUT2D eigenvalue weighted by molar-refractivity contribution is 6.03. The van der Waals surface area contributed by atoms with Crippen LogP contribution in [0.15, 0.2) is 42.7 Å². The van der Waals surface area contributed by atoms with E-state index in [0.717, 1.165) is 49.1 Å². The highest BCUT2D eigenvalue weighted by Gasteiger charge is 2.28. The zero-order valence-corrected chi connectivity index (χ0v) is 20.6. The number of benzene rings is 1. The average molecular weight is 515 g/mol. The molecule has 1 amide bonds.